The van der Waals surface area contributed by atoms with Crippen LogP contribution < -0.4 is 14.8 Å². The second-order valence-electron chi connectivity index (χ2n) is 6.42. The number of ether oxygens (including phenoxy) is 2. The Morgan fingerprint density at radius 3 is 2.85 bits per heavy atom. The van der Waals surface area contributed by atoms with Gasteiger partial charge in [-0.05, 0) is 31.9 Å². The summed E-state index contributed by atoms with van der Waals surface area (Å²) in [4.78, 5) is 0. The summed E-state index contributed by atoms with van der Waals surface area (Å²) in [6.45, 7) is 5.41. The van der Waals surface area contributed by atoms with Gasteiger partial charge in [-0.25, -0.2) is 0 Å². The topological polar surface area (TPSA) is 30.5 Å². The number of hydrogen-bond donors (Lipinski definition) is 1. The van der Waals surface area contributed by atoms with Crippen LogP contribution in [0.1, 0.15) is 51.1 Å². The zero-order valence-electron chi connectivity index (χ0n) is 12.7. The second-order valence-corrected chi connectivity index (χ2v) is 6.42. The first kappa shape index (κ1) is 13.7. The van der Waals surface area contributed by atoms with Crippen molar-refractivity contribution in [3.05, 3.63) is 23.8 Å². The third-order valence-electron chi connectivity index (χ3n) is 4.46. The maximum Gasteiger partial charge on any atom is 0.128 e. The lowest BCUT2D eigenvalue weighted by Gasteiger charge is -2.40. The van der Waals surface area contributed by atoms with Crippen molar-refractivity contribution in [3.63, 3.8) is 0 Å². The van der Waals surface area contributed by atoms with Crippen molar-refractivity contribution in [1.29, 1.82) is 0 Å². The fraction of sp³-hybridized carbons (Fsp3) is 0.647. The van der Waals surface area contributed by atoms with Gasteiger partial charge < -0.3 is 14.8 Å². The fourth-order valence-corrected chi connectivity index (χ4v) is 3.35. The van der Waals surface area contributed by atoms with E-state index in [4.69, 9.17) is 9.47 Å². The summed E-state index contributed by atoms with van der Waals surface area (Å²) in [5, 5.41) is 3.61. The monoisotopic (exact) mass is 275 g/mol. The standard InChI is InChI=1S/C17H25NO2/c1-4-18-15-11-17(2,10-12-5-6-12)20-16-9-13(19-3)7-8-14(15)16/h7-9,12,15,18H,4-6,10-11H2,1-3H3. The molecule has 20 heavy (non-hydrogen) atoms. The van der Waals surface area contributed by atoms with Crippen LogP contribution in [0, 0.1) is 5.92 Å². The zero-order chi connectivity index (χ0) is 14.2. The molecule has 0 bridgehead atoms. The molecule has 3 rings (SSSR count). The zero-order valence-corrected chi connectivity index (χ0v) is 12.7. The van der Waals surface area contributed by atoms with Crippen molar-refractivity contribution >= 4 is 0 Å². The molecular formula is C17H25NO2. The van der Waals surface area contributed by atoms with Crippen LogP contribution in [0.2, 0.25) is 0 Å². The molecule has 0 radical (unpaired) electrons. The minimum atomic E-state index is -0.0482. The van der Waals surface area contributed by atoms with Crippen molar-refractivity contribution < 1.29 is 9.47 Å². The number of rotatable bonds is 5. The van der Waals surface area contributed by atoms with Gasteiger partial charge in [0, 0.05) is 24.1 Å². The van der Waals surface area contributed by atoms with E-state index in [0.717, 1.165) is 30.4 Å². The van der Waals surface area contributed by atoms with Gasteiger partial charge in [-0.1, -0.05) is 25.8 Å². The number of hydrogen-bond acceptors (Lipinski definition) is 3. The number of benzene rings is 1. The largest absolute Gasteiger partial charge is 0.497 e. The van der Waals surface area contributed by atoms with E-state index in [1.165, 1.54) is 24.8 Å². The molecule has 1 aromatic carbocycles. The summed E-state index contributed by atoms with van der Waals surface area (Å²) < 4.78 is 11.7. The predicted molar refractivity (Wildman–Crippen MR) is 80.4 cm³/mol. The lowest BCUT2D eigenvalue weighted by atomic mass is 9.85. The summed E-state index contributed by atoms with van der Waals surface area (Å²) >= 11 is 0. The van der Waals surface area contributed by atoms with Gasteiger partial charge >= 0.3 is 0 Å². The van der Waals surface area contributed by atoms with Crippen molar-refractivity contribution in [2.45, 2.75) is 51.2 Å². The Bertz CT molecular complexity index is 484. The molecule has 3 heteroatoms. The molecule has 110 valence electrons. The molecule has 0 saturated heterocycles. The molecule has 1 N–H and O–H groups in total. The van der Waals surface area contributed by atoms with Crippen LogP contribution in [-0.2, 0) is 0 Å². The summed E-state index contributed by atoms with van der Waals surface area (Å²) in [6.07, 6.45) is 4.97. The van der Waals surface area contributed by atoms with Crippen molar-refractivity contribution in [3.8, 4) is 11.5 Å². The first-order chi connectivity index (χ1) is 9.63. The van der Waals surface area contributed by atoms with Crippen LogP contribution in [0.3, 0.4) is 0 Å². The van der Waals surface area contributed by atoms with Gasteiger partial charge in [0.1, 0.15) is 17.1 Å². The number of fused-ring (bicyclic) bond motifs is 1. The molecule has 1 fully saturated rings. The fourth-order valence-electron chi connectivity index (χ4n) is 3.35. The van der Waals surface area contributed by atoms with E-state index in [1.54, 1.807) is 7.11 Å². The Labute approximate surface area is 121 Å². The molecule has 1 saturated carbocycles. The van der Waals surface area contributed by atoms with Gasteiger partial charge in [-0.15, -0.1) is 0 Å². The highest BCUT2D eigenvalue weighted by atomic mass is 16.5. The van der Waals surface area contributed by atoms with Crippen LogP contribution in [0.25, 0.3) is 0 Å². The predicted octanol–water partition coefficient (Wildman–Crippen LogP) is 3.69. The maximum atomic E-state index is 6.37. The summed E-state index contributed by atoms with van der Waals surface area (Å²) in [5.41, 5.74) is 1.22. The molecule has 1 aliphatic heterocycles. The molecule has 1 aromatic rings. The lowest BCUT2D eigenvalue weighted by molar-refractivity contribution is 0.0346. The van der Waals surface area contributed by atoms with Crippen LogP contribution in [0.5, 0.6) is 11.5 Å². The van der Waals surface area contributed by atoms with Gasteiger partial charge in [0.15, 0.2) is 0 Å². The highest BCUT2D eigenvalue weighted by Crippen LogP contribution is 2.47. The van der Waals surface area contributed by atoms with Gasteiger partial charge in [0.2, 0.25) is 0 Å². The average Bonchev–Trinajstić information content (AvgIpc) is 3.21. The summed E-state index contributed by atoms with van der Waals surface area (Å²) in [7, 11) is 1.70. The van der Waals surface area contributed by atoms with E-state index >= 15 is 0 Å². The van der Waals surface area contributed by atoms with Gasteiger partial charge in [0.05, 0.1) is 7.11 Å². The smallest absolute Gasteiger partial charge is 0.128 e. The minimum Gasteiger partial charge on any atom is -0.497 e. The Kier molecular flexibility index (Phi) is 3.63. The van der Waals surface area contributed by atoms with E-state index in [1.807, 2.05) is 12.1 Å². The average molecular weight is 275 g/mol. The van der Waals surface area contributed by atoms with Crippen molar-refractivity contribution in [2.24, 2.45) is 5.92 Å². The summed E-state index contributed by atoms with van der Waals surface area (Å²) in [5.74, 6) is 2.73. The van der Waals surface area contributed by atoms with Crippen molar-refractivity contribution in [2.75, 3.05) is 13.7 Å². The molecule has 0 amide bonds. The quantitative estimate of drug-likeness (QED) is 0.889. The van der Waals surface area contributed by atoms with Crippen LogP contribution in [-0.4, -0.2) is 19.3 Å². The van der Waals surface area contributed by atoms with Crippen molar-refractivity contribution in [1.82, 2.24) is 5.32 Å². The Balaban J connectivity index is 1.89. The van der Waals surface area contributed by atoms with E-state index in [2.05, 4.69) is 25.2 Å². The third kappa shape index (κ3) is 2.78. The maximum absolute atomic E-state index is 6.37. The van der Waals surface area contributed by atoms with Gasteiger partial charge in [-0.3, -0.25) is 0 Å². The Morgan fingerprint density at radius 1 is 1.40 bits per heavy atom. The first-order valence-electron chi connectivity index (χ1n) is 7.74. The first-order valence-corrected chi connectivity index (χ1v) is 7.74. The molecule has 2 aliphatic rings. The van der Waals surface area contributed by atoms with E-state index in [0.29, 0.717) is 6.04 Å². The highest BCUT2D eigenvalue weighted by molar-refractivity contribution is 5.44. The second kappa shape index (κ2) is 5.28. The molecule has 3 nitrogen and oxygen atoms in total. The van der Waals surface area contributed by atoms with E-state index in [-0.39, 0.29) is 5.60 Å². The third-order valence-corrected chi connectivity index (χ3v) is 4.46. The minimum absolute atomic E-state index is 0.0482. The van der Waals surface area contributed by atoms with Crippen LogP contribution in [0.15, 0.2) is 18.2 Å². The summed E-state index contributed by atoms with van der Waals surface area (Å²) in [6, 6.07) is 6.58. The number of methoxy groups -OCH3 is 1. The van der Waals surface area contributed by atoms with Crippen LogP contribution >= 0.6 is 0 Å². The van der Waals surface area contributed by atoms with E-state index in [9.17, 15) is 0 Å². The van der Waals surface area contributed by atoms with Crippen LogP contribution in [0.4, 0.5) is 0 Å². The molecule has 2 atom stereocenters. The Hall–Kier alpha value is -1.22. The Morgan fingerprint density at radius 2 is 2.20 bits per heavy atom. The molecule has 0 spiro atoms. The number of nitrogens with one attached hydrogen (secondary N) is 1. The van der Waals surface area contributed by atoms with Gasteiger partial charge in [-0.2, -0.15) is 0 Å². The molecule has 2 unspecified atom stereocenters. The molecule has 0 aromatic heterocycles. The van der Waals surface area contributed by atoms with E-state index < -0.39 is 0 Å². The SMILES string of the molecule is CCNC1CC(C)(CC2CC2)Oc2cc(OC)ccc21. The molecular weight excluding hydrogens is 250 g/mol. The molecule has 1 heterocycles. The lowest BCUT2D eigenvalue weighted by Crippen LogP contribution is -2.42. The van der Waals surface area contributed by atoms with Gasteiger partial charge in [0.25, 0.3) is 0 Å². The normalized spacial score (nSPS) is 28.6. The molecule has 1 aliphatic carbocycles. The highest BCUT2D eigenvalue weighted by Gasteiger charge is 2.41.